The number of ether oxygens (including phenoxy) is 2. The molecule has 1 atom stereocenters. The molecule has 0 saturated heterocycles. The first-order valence-corrected chi connectivity index (χ1v) is 13.9. The van der Waals surface area contributed by atoms with Crippen molar-refractivity contribution < 1.29 is 49.8 Å². The number of aliphatic imine (C=N–C) groups is 1. The molecule has 0 amide bonds. The van der Waals surface area contributed by atoms with Gasteiger partial charge in [0.25, 0.3) is 0 Å². The third kappa shape index (κ3) is 7.41. The molecule has 0 spiro atoms. The van der Waals surface area contributed by atoms with Crippen LogP contribution in [0.25, 0.3) is 22.4 Å². The predicted molar refractivity (Wildman–Crippen MR) is 155 cm³/mol. The number of esters is 2. The third-order valence-corrected chi connectivity index (χ3v) is 7.44. The number of benzene rings is 2. The molecule has 2 aromatic heterocycles. The van der Waals surface area contributed by atoms with Crippen LogP contribution >= 0.6 is 0 Å². The Morgan fingerprint density at radius 3 is 2.17 bits per heavy atom. The molecule has 2 aromatic carbocycles. The second-order valence-corrected chi connectivity index (χ2v) is 10.8. The van der Waals surface area contributed by atoms with Crippen LogP contribution in [0.2, 0.25) is 0 Å². The van der Waals surface area contributed by atoms with Crippen molar-refractivity contribution in [3.05, 3.63) is 77.1 Å². The zero-order valence-electron chi connectivity index (χ0n) is 25.4. The Morgan fingerprint density at radius 2 is 1.60 bits per heavy atom. The molecule has 0 aliphatic heterocycles. The van der Waals surface area contributed by atoms with Crippen LogP contribution in [0, 0.1) is 5.82 Å². The second-order valence-electron chi connectivity index (χ2n) is 10.8. The fraction of sp³-hybridized carbons (Fsp3) is 0.355. The minimum Gasteiger partial charge on any atom is -0.469 e. The molecule has 0 saturated carbocycles. The van der Waals surface area contributed by atoms with Gasteiger partial charge in [-0.2, -0.15) is 26.3 Å². The smallest absolute Gasteiger partial charge is 0.416 e. The lowest BCUT2D eigenvalue weighted by molar-refractivity contribution is -0.149. The molecule has 16 heteroatoms. The number of rotatable bonds is 10. The van der Waals surface area contributed by atoms with Gasteiger partial charge in [0.1, 0.15) is 28.8 Å². The fourth-order valence-corrected chi connectivity index (χ4v) is 5.03. The number of carbonyl (C=O) groups is 2. The van der Waals surface area contributed by atoms with E-state index < -0.39 is 71.6 Å². The maximum Gasteiger partial charge on any atom is 0.416 e. The quantitative estimate of drug-likeness (QED) is 0.105. The van der Waals surface area contributed by atoms with Crippen molar-refractivity contribution in [3.63, 3.8) is 0 Å². The van der Waals surface area contributed by atoms with E-state index in [1.54, 1.807) is 10.9 Å². The summed E-state index contributed by atoms with van der Waals surface area (Å²) in [5.41, 5.74) is -4.76. The summed E-state index contributed by atoms with van der Waals surface area (Å²) in [5, 5.41) is 0. The lowest BCUT2D eigenvalue weighted by Gasteiger charge is -2.30. The molecule has 0 aliphatic carbocycles. The Kier molecular flexibility index (Phi) is 10.0. The number of hydrogen-bond donors (Lipinski definition) is 0. The molecule has 47 heavy (non-hydrogen) atoms. The summed E-state index contributed by atoms with van der Waals surface area (Å²) < 4.78 is 108. The molecular formula is C31H28F7N5O4. The summed E-state index contributed by atoms with van der Waals surface area (Å²) in [6.45, 7) is 3.08. The van der Waals surface area contributed by atoms with Crippen molar-refractivity contribution in [2.24, 2.45) is 4.99 Å². The van der Waals surface area contributed by atoms with E-state index >= 15 is 4.39 Å². The Bertz CT molecular complexity index is 1790. The van der Waals surface area contributed by atoms with E-state index in [9.17, 15) is 35.9 Å². The van der Waals surface area contributed by atoms with Crippen molar-refractivity contribution in [3.8, 4) is 11.3 Å². The van der Waals surface area contributed by atoms with Crippen LogP contribution in [0.3, 0.4) is 0 Å². The van der Waals surface area contributed by atoms with Gasteiger partial charge in [-0.3, -0.25) is 14.6 Å². The van der Waals surface area contributed by atoms with Gasteiger partial charge in [0.15, 0.2) is 5.65 Å². The summed E-state index contributed by atoms with van der Waals surface area (Å²) in [7, 11) is 2.08. The van der Waals surface area contributed by atoms with Crippen molar-refractivity contribution >= 4 is 29.3 Å². The predicted octanol–water partition coefficient (Wildman–Crippen LogP) is 6.73. The van der Waals surface area contributed by atoms with Gasteiger partial charge >= 0.3 is 24.3 Å². The van der Waals surface area contributed by atoms with Gasteiger partial charge in [0.05, 0.1) is 38.2 Å². The minimum atomic E-state index is -5.11. The molecule has 0 radical (unpaired) electrons. The largest absolute Gasteiger partial charge is 0.469 e. The molecule has 0 fully saturated rings. The molecule has 2 heterocycles. The molecule has 4 rings (SSSR count). The van der Waals surface area contributed by atoms with Crippen molar-refractivity contribution in [1.29, 1.82) is 0 Å². The van der Waals surface area contributed by atoms with Crippen molar-refractivity contribution in [2.45, 2.75) is 50.5 Å². The van der Waals surface area contributed by atoms with E-state index in [1.165, 1.54) is 18.5 Å². The Labute approximate surface area is 263 Å². The maximum atomic E-state index is 15.7. The molecule has 9 nitrogen and oxygen atoms in total. The average Bonchev–Trinajstić information content (AvgIpc) is 3.46. The number of methoxy groups -OCH3 is 2. The van der Waals surface area contributed by atoms with Crippen LogP contribution < -0.4 is 0 Å². The molecular weight excluding hydrogens is 639 g/mol. The van der Waals surface area contributed by atoms with E-state index in [0.717, 1.165) is 20.3 Å². The summed E-state index contributed by atoms with van der Waals surface area (Å²) in [6.07, 6.45) is -7.60. The van der Waals surface area contributed by atoms with Gasteiger partial charge in [0.2, 0.25) is 0 Å². The number of aromatic nitrogens is 4. The van der Waals surface area contributed by atoms with Crippen LogP contribution in [0.1, 0.15) is 55.0 Å². The standard InChI is InChI=1S/C31H28F7N5O4/c1-17(2)43-16-42-26-25(40-15-41-27(26)43)19-5-6-23(32)22(11-19)29(28(45)47-4,8-7-24(44)46-3)14-39-13-18-9-20(30(33,34)35)12-21(10-18)31(36,37)38/h5-6,9-13,15-17H,7-8,14H2,1-4H3. The molecule has 0 N–H and O–H groups in total. The molecule has 4 aromatic rings. The molecule has 0 bridgehead atoms. The number of fused-ring (bicyclic) bond motifs is 1. The van der Waals surface area contributed by atoms with Gasteiger partial charge in [-0.25, -0.2) is 19.3 Å². The van der Waals surface area contributed by atoms with Crippen molar-refractivity contribution in [2.75, 3.05) is 20.8 Å². The zero-order chi connectivity index (χ0) is 34.7. The first kappa shape index (κ1) is 35.0. The van der Waals surface area contributed by atoms with E-state index in [4.69, 9.17) is 4.74 Å². The summed E-state index contributed by atoms with van der Waals surface area (Å²) in [4.78, 5) is 42.7. The van der Waals surface area contributed by atoms with Crippen LogP contribution in [-0.2, 0) is 36.8 Å². The minimum absolute atomic E-state index is 0.0151. The number of imidazole rings is 1. The van der Waals surface area contributed by atoms with Gasteiger partial charge in [-0.05, 0) is 62.2 Å². The summed E-state index contributed by atoms with van der Waals surface area (Å²) >= 11 is 0. The maximum absolute atomic E-state index is 15.7. The molecule has 250 valence electrons. The van der Waals surface area contributed by atoms with Gasteiger partial charge in [-0.1, -0.05) is 0 Å². The first-order valence-electron chi connectivity index (χ1n) is 13.9. The number of hydrogen-bond acceptors (Lipinski definition) is 8. The molecule has 0 aliphatic rings. The van der Waals surface area contributed by atoms with Crippen molar-refractivity contribution in [1.82, 2.24) is 19.5 Å². The highest BCUT2D eigenvalue weighted by molar-refractivity contribution is 5.89. The Balaban J connectivity index is 1.88. The molecule has 1 unspecified atom stereocenters. The Hall–Kier alpha value is -4.89. The number of carbonyl (C=O) groups excluding carboxylic acids is 2. The monoisotopic (exact) mass is 667 g/mol. The highest BCUT2D eigenvalue weighted by atomic mass is 19.4. The van der Waals surface area contributed by atoms with E-state index in [-0.39, 0.29) is 28.9 Å². The van der Waals surface area contributed by atoms with E-state index in [0.29, 0.717) is 29.5 Å². The summed E-state index contributed by atoms with van der Waals surface area (Å²) in [5.74, 6) is -2.80. The lowest BCUT2D eigenvalue weighted by Crippen LogP contribution is -2.41. The van der Waals surface area contributed by atoms with Crippen LogP contribution in [0.5, 0.6) is 0 Å². The highest BCUT2D eigenvalue weighted by Crippen LogP contribution is 2.38. The van der Waals surface area contributed by atoms with Crippen LogP contribution in [0.4, 0.5) is 30.7 Å². The number of alkyl halides is 6. The second kappa shape index (κ2) is 13.5. The normalized spacial score (nSPS) is 13.7. The van der Waals surface area contributed by atoms with Crippen LogP contribution in [-0.4, -0.2) is 58.4 Å². The highest BCUT2D eigenvalue weighted by Gasteiger charge is 2.44. The average molecular weight is 668 g/mol. The van der Waals surface area contributed by atoms with Crippen LogP contribution in [0.15, 0.2) is 54.0 Å². The van der Waals surface area contributed by atoms with Gasteiger partial charge < -0.3 is 14.0 Å². The van der Waals surface area contributed by atoms with Gasteiger partial charge in [-0.15, -0.1) is 0 Å². The van der Waals surface area contributed by atoms with Gasteiger partial charge in [0, 0.05) is 29.8 Å². The topological polar surface area (TPSA) is 109 Å². The SMILES string of the molecule is COC(=O)CCC(CN=Cc1cc(C(F)(F)F)cc(C(F)(F)F)c1)(C(=O)OC)c1cc(-c2ncnc3c2ncn3C(C)C)ccc1F. The van der Waals surface area contributed by atoms with E-state index in [2.05, 4.69) is 24.7 Å². The Morgan fingerprint density at radius 1 is 0.936 bits per heavy atom. The zero-order valence-corrected chi connectivity index (χ0v) is 25.4. The number of halogens is 7. The lowest BCUT2D eigenvalue weighted by atomic mass is 9.75. The fourth-order valence-electron chi connectivity index (χ4n) is 5.03. The first-order chi connectivity index (χ1) is 22.0. The van der Waals surface area contributed by atoms with E-state index in [1.807, 2.05) is 13.8 Å². The number of nitrogens with zero attached hydrogens (tertiary/aromatic N) is 5. The summed E-state index contributed by atoms with van der Waals surface area (Å²) in [6, 6.07) is 4.54. The third-order valence-electron chi connectivity index (χ3n) is 7.44.